The third-order valence-electron chi connectivity index (χ3n) is 1.79. The summed E-state index contributed by atoms with van der Waals surface area (Å²) in [5.74, 6) is 0.339. The van der Waals surface area contributed by atoms with Crippen molar-refractivity contribution in [1.82, 2.24) is 0 Å². The predicted molar refractivity (Wildman–Crippen MR) is 39.3 cm³/mol. The van der Waals surface area contributed by atoms with Crippen LogP contribution in [-0.4, -0.2) is 10.7 Å². The van der Waals surface area contributed by atoms with Gasteiger partial charge in [0.15, 0.2) is 0 Å². The van der Waals surface area contributed by atoms with Crippen molar-refractivity contribution in [1.29, 1.82) is 0 Å². The van der Waals surface area contributed by atoms with E-state index in [-0.39, 0.29) is 5.91 Å². The Kier molecular flexibility index (Phi) is 2.11. The average Bonchev–Trinajstić information content (AvgIpc) is 1.79. The summed E-state index contributed by atoms with van der Waals surface area (Å²) < 4.78 is 0. The van der Waals surface area contributed by atoms with Crippen molar-refractivity contribution in [2.45, 2.75) is 24.1 Å². The van der Waals surface area contributed by atoms with Gasteiger partial charge >= 0.3 is 0 Å². The van der Waals surface area contributed by atoms with Gasteiger partial charge in [-0.2, -0.15) is 0 Å². The summed E-state index contributed by atoms with van der Waals surface area (Å²) in [5, 5.41) is 0. The van der Waals surface area contributed by atoms with E-state index in [1.54, 1.807) is 0 Å². The van der Waals surface area contributed by atoms with Crippen LogP contribution in [-0.2, 0) is 4.79 Å². The maximum atomic E-state index is 10.3. The van der Waals surface area contributed by atoms with Crippen LogP contribution in [0.3, 0.4) is 0 Å². The maximum absolute atomic E-state index is 10.3. The summed E-state index contributed by atoms with van der Waals surface area (Å²) in [4.78, 5) is 10.9. The van der Waals surface area contributed by atoms with Crippen LogP contribution < -0.4 is 5.73 Å². The Hall–Kier alpha value is -0.0500. The maximum Gasteiger partial charge on any atom is 0.217 e. The van der Waals surface area contributed by atoms with Gasteiger partial charge in [-0.15, -0.1) is 0 Å². The lowest BCUT2D eigenvalue weighted by Crippen LogP contribution is -2.30. The molecule has 0 spiro atoms. The van der Waals surface area contributed by atoms with Gasteiger partial charge in [-0.05, 0) is 18.8 Å². The van der Waals surface area contributed by atoms with Gasteiger partial charge in [-0.3, -0.25) is 4.79 Å². The molecular weight excluding hydrogens is 182 g/mol. The zero-order valence-corrected chi connectivity index (χ0v) is 6.73. The number of hydrogen-bond donors (Lipinski definition) is 1. The summed E-state index contributed by atoms with van der Waals surface area (Å²) in [6.07, 6.45) is 2.90. The summed E-state index contributed by atoms with van der Waals surface area (Å²) in [6.45, 7) is 0. The molecule has 1 amide bonds. The first kappa shape index (κ1) is 7.06. The van der Waals surface area contributed by atoms with Crippen LogP contribution >= 0.6 is 15.9 Å². The van der Waals surface area contributed by atoms with Crippen LogP contribution in [0.2, 0.25) is 0 Å². The SMILES string of the molecule is NC(=O)CC1CCC1Br. The van der Waals surface area contributed by atoms with Gasteiger partial charge in [0, 0.05) is 11.2 Å². The predicted octanol–water partition coefficient (Wildman–Crippen LogP) is 1.04. The Morgan fingerprint density at radius 3 is 2.44 bits per heavy atom. The summed E-state index contributed by atoms with van der Waals surface area (Å²) in [5.41, 5.74) is 5.01. The van der Waals surface area contributed by atoms with Gasteiger partial charge in [0.05, 0.1) is 0 Å². The van der Waals surface area contributed by atoms with Crippen LogP contribution in [0.5, 0.6) is 0 Å². The molecule has 9 heavy (non-hydrogen) atoms. The van der Waals surface area contributed by atoms with E-state index >= 15 is 0 Å². The Morgan fingerprint density at radius 1 is 1.67 bits per heavy atom. The van der Waals surface area contributed by atoms with E-state index in [4.69, 9.17) is 5.73 Å². The van der Waals surface area contributed by atoms with Crippen molar-refractivity contribution in [3.8, 4) is 0 Å². The van der Waals surface area contributed by atoms with E-state index in [2.05, 4.69) is 15.9 Å². The van der Waals surface area contributed by atoms with Gasteiger partial charge in [-0.1, -0.05) is 15.9 Å². The Balaban J connectivity index is 2.21. The van der Waals surface area contributed by atoms with E-state index in [1.165, 1.54) is 6.42 Å². The number of carbonyl (C=O) groups is 1. The van der Waals surface area contributed by atoms with Crippen molar-refractivity contribution in [3.05, 3.63) is 0 Å². The molecule has 1 aliphatic carbocycles. The molecule has 1 rings (SSSR count). The van der Waals surface area contributed by atoms with Crippen molar-refractivity contribution in [2.75, 3.05) is 0 Å². The molecule has 0 heterocycles. The Labute approximate surface area is 62.9 Å². The fourth-order valence-corrected chi connectivity index (χ4v) is 1.73. The highest BCUT2D eigenvalue weighted by atomic mass is 79.9. The van der Waals surface area contributed by atoms with Crippen LogP contribution in [0.1, 0.15) is 19.3 Å². The molecule has 1 aliphatic rings. The number of carbonyl (C=O) groups excluding carboxylic acids is 1. The second-order valence-electron chi connectivity index (χ2n) is 2.52. The van der Waals surface area contributed by atoms with Crippen molar-refractivity contribution in [2.24, 2.45) is 11.7 Å². The molecule has 2 atom stereocenters. The molecule has 0 aromatic carbocycles. The summed E-state index contributed by atoms with van der Waals surface area (Å²) >= 11 is 3.45. The molecule has 3 heteroatoms. The number of alkyl halides is 1. The van der Waals surface area contributed by atoms with Crippen LogP contribution in [0.25, 0.3) is 0 Å². The highest BCUT2D eigenvalue weighted by Crippen LogP contribution is 2.35. The molecule has 0 aromatic heterocycles. The topological polar surface area (TPSA) is 43.1 Å². The normalized spacial score (nSPS) is 33.4. The lowest BCUT2D eigenvalue weighted by Gasteiger charge is -2.30. The third kappa shape index (κ3) is 1.68. The van der Waals surface area contributed by atoms with Crippen LogP contribution in [0.4, 0.5) is 0 Å². The molecule has 0 radical (unpaired) electrons. The standard InChI is InChI=1S/C6H10BrNO/c7-5-2-1-4(5)3-6(8)9/h4-5H,1-3H2,(H2,8,9). The smallest absolute Gasteiger partial charge is 0.217 e. The van der Waals surface area contributed by atoms with E-state index in [0.29, 0.717) is 17.2 Å². The first-order valence-corrected chi connectivity index (χ1v) is 4.04. The molecule has 0 aliphatic heterocycles. The minimum absolute atomic E-state index is 0.177. The largest absolute Gasteiger partial charge is 0.370 e. The summed E-state index contributed by atoms with van der Waals surface area (Å²) in [6, 6.07) is 0. The molecule has 0 bridgehead atoms. The second kappa shape index (κ2) is 2.69. The number of rotatable bonds is 2. The molecule has 2 nitrogen and oxygen atoms in total. The van der Waals surface area contributed by atoms with Gasteiger partial charge in [0.1, 0.15) is 0 Å². The molecule has 0 aromatic rings. The number of hydrogen-bond acceptors (Lipinski definition) is 1. The van der Waals surface area contributed by atoms with Gasteiger partial charge in [0.25, 0.3) is 0 Å². The first-order valence-electron chi connectivity index (χ1n) is 3.12. The fourth-order valence-electron chi connectivity index (χ4n) is 1.02. The van der Waals surface area contributed by atoms with Crippen LogP contribution in [0.15, 0.2) is 0 Å². The third-order valence-corrected chi connectivity index (χ3v) is 2.99. The van der Waals surface area contributed by atoms with Gasteiger partial charge in [0.2, 0.25) is 5.91 Å². The Bertz CT molecular complexity index is 126. The number of amides is 1. The number of halogens is 1. The zero-order valence-electron chi connectivity index (χ0n) is 5.14. The highest BCUT2D eigenvalue weighted by molar-refractivity contribution is 9.09. The fraction of sp³-hybridized carbons (Fsp3) is 0.833. The zero-order chi connectivity index (χ0) is 6.85. The quantitative estimate of drug-likeness (QED) is 0.652. The summed E-state index contributed by atoms with van der Waals surface area (Å²) in [7, 11) is 0. The van der Waals surface area contributed by atoms with Crippen molar-refractivity contribution in [3.63, 3.8) is 0 Å². The minimum atomic E-state index is -0.177. The highest BCUT2D eigenvalue weighted by Gasteiger charge is 2.29. The number of nitrogens with two attached hydrogens (primary N) is 1. The molecule has 52 valence electrons. The van der Waals surface area contributed by atoms with E-state index in [9.17, 15) is 4.79 Å². The number of primary amides is 1. The lowest BCUT2D eigenvalue weighted by molar-refractivity contribution is -0.119. The minimum Gasteiger partial charge on any atom is -0.370 e. The van der Waals surface area contributed by atoms with Crippen LogP contribution in [0, 0.1) is 5.92 Å². The van der Waals surface area contributed by atoms with Crippen molar-refractivity contribution < 1.29 is 4.79 Å². The molecule has 2 N–H and O–H groups in total. The van der Waals surface area contributed by atoms with E-state index < -0.39 is 0 Å². The van der Waals surface area contributed by atoms with Gasteiger partial charge in [-0.25, -0.2) is 0 Å². The molecule has 2 unspecified atom stereocenters. The average molecular weight is 192 g/mol. The first-order chi connectivity index (χ1) is 4.20. The molecular formula is C6H10BrNO. The van der Waals surface area contributed by atoms with E-state index in [0.717, 1.165) is 6.42 Å². The van der Waals surface area contributed by atoms with E-state index in [1.807, 2.05) is 0 Å². The van der Waals surface area contributed by atoms with Crippen molar-refractivity contribution >= 4 is 21.8 Å². The monoisotopic (exact) mass is 191 g/mol. The van der Waals surface area contributed by atoms with Gasteiger partial charge < -0.3 is 5.73 Å². The lowest BCUT2D eigenvalue weighted by atomic mass is 9.83. The molecule has 1 saturated carbocycles. The Morgan fingerprint density at radius 2 is 2.33 bits per heavy atom. The second-order valence-corrected chi connectivity index (χ2v) is 3.70. The molecule has 1 fully saturated rings. The molecule has 0 saturated heterocycles.